The zero-order valence-electron chi connectivity index (χ0n) is 16.8. The second-order valence-corrected chi connectivity index (χ2v) is 8.20. The maximum atomic E-state index is 12.8. The van der Waals surface area contributed by atoms with Gasteiger partial charge in [0.05, 0.1) is 12.0 Å². The van der Waals surface area contributed by atoms with Crippen LogP contribution in [0.4, 0.5) is 0 Å². The summed E-state index contributed by atoms with van der Waals surface area (Å²) >= 11 is 0. The Bertz CT molecular complexity index is 802. The maximum absolute atomic E-state index is 12.8. The Labute approximate surface area is 170 Å². The summed E-state index contributed by atoms with van der Waals surface area (Å²) in [6.07, 6.45) is 7.80. The molecule has 0 bridgehead atoms. The van der Waals surface area contributed by atoms with Gasteiger partial charge in [-0.1, -0.05) is 6.07 Å². The number of nitrogens with zero attached hydrogens (tertiary/aromatic N) is 1. The second kappa shape index (κ2) is 8.65. The van der Waals surface area contributed by atoms with Gasteiger partial charge in [0.25, 0.3) is 5.91 Å². The molecule has 2 atom stereocenters. The van der Waals surface area contributed by atoms with Crippen LogP contribution in [0.2, 0.25) is 0 Å². The molecule has 156 valence electrons. The number of carbonyl (C=O) groups excluding carboxylic acids is 2. The van der Waals surface area contributed by atoms with E-state index in [1.165, 1.54) is 6.08 Å². The van der Waals surface area contributed by atoms with Gasteiger partial charge in [0.2, 0.25) is 0 Å². The van der Waals surface area contributed by atoms with Crippen LogP contribution in [-0.2, 0) is 14.4 Å². The number of likely N-dealkylation sites (tertiary alicyclic amines) is 1. The Morgan fingerprint density at radius 2 is 2.24 bits per heavy atom. The summed E-state index contributed by atoms with van der Waals surface area (Å²) in [5.74, 6) is 0.360. The number of hydrogen-bond acceptors (Lipinski definition) is 6. The number of fused-ring (bicyclic) bond motifs is 1. The molecule has 7 heteroatoms. The van der Waals surface area contributed by atoms with Gasteiger partial charge >= 0.3 is 0 Å². The molecule has 1 spiro atoms. The van der Waals surface area contributed by atoms with E-state index in [1.54, 1.807) is 12.1 Å². The fraction of sp³-hybridized carbons (Fsp3) is 0.545. The van der Waals surface area contributed by atoms with Crippen LogP contribution in [0.5, 0.6) is 5.75 Å². The molecule has 0 radical (unpaired) electrons. The molecule has 2 unspecified atom stereocenters. The number of carbonyl (C=O) groups is 2. The van der Waals surface area contributed by atoms with Crippen molar-refractivity contribution in [1.82, 2.24) is 10.4 Å². The Kier molecular flexibility index (Phi) is 5.99. The highest BCUT2D eigenvalue weighted by Crippen LogP contribution is 2.38. The molecule has 0 aromatic heterocycles. The minimum atomic E-state index is -0.410. The van der Waals surface area contributed by atoms with E-state index in [-0.39, 0.29) is 18.0 Å². The molecule has 4 rings (SSSR count). The van der Waals surface area contributed by atoms with Crippen LogP contribution >= 0.6 is 0 Å². The fourth-order valence-corrected chi connectivity index (χ4v) is 4.30. The van der Waals surface area contributed by atoms with Crippen molar-refractivity contribution < 1.29 is 23.9 Å². The molecule has 0 aliphatic carbocycles. The standard InChI is InChI=1S/C22H28N2O5/c1-24-11-4-10-22(15-24)14-18(25)17-13-16(6-8-19(17)28-22)7-9-20(26)23-29-21-5-2-3-12-27-21/h6-9,13,21H,2-5,10-12,14-15H2,1H3,(H,23,26)/b9-7+. The average molecular weight is 400 g/mol. The van der Waals surface area contributed by atoms with E-state index < -0.39 is 5.60 Å². The second-order valence-electron chi connectivity index (χ2n) is 8.20. The normalized spacial score (nSPS) is 27.6. The zero-order chi connectivity index (χ0) is 20.3. The van der Waals surface area contributed by atoms with Crippen LogP contribution in [0.25, 0.3) is 6.08 Å². The summed E-state index contributed by atoms with van der Waals surface area (Å²) in [7, 11) is 2.06. The van der Waals surface area contributed by atoms with Crippen LogP contribution in [-0.4, -0.2) is 55.2 Å². The van der Waals surface area contributed by atoms with Crippen LogP contribution in [0.3, 0.4) is 0 Å². The highest BCUT2D eigenvalue weighted by molar-refractivity contribution is 6.01. The average Bonchev–Trinajstić information content (AvgIpc) is 2.71. The number of rotatable bonds is 4. The van der Waals surface area contributed by atoms with Crippen molar-refractivity contribution in [3.8, 4) is 5.75 Å². The van der Waals surface area contributed by atoms with Gasteiger partial charge in [0, 0.05) is 25.6 Å². The number of amides is 1. The smallest absolute Gasteiger partial charge is 0.267 e. The number of hydrogen-bond donors (Lipinski definition) is 1. The van der Waals surface area contributed by atoms with Crippen LogP contribution < -0.4 is 10.2 Å². The molecule has 1 amide bonds. The minimum absolute atomic E-state index is 0.0963. The van der Waals surface area contributed by atoms with E-state index in [1.807, 2.05) is 12.1 Å². The third-order valence-corrected chi connectivity index (χ3v) is 5.70. The third kappa shape index (κ3) is 4.86. The highest BCUT2D eigenvalue weighted by atomic mass is 16.8. The Hall–Kier alpha value is -2.22. The first-order valence-corrected chi connectivity index (χ1v) is 10.3. The fourth-order valence-electron chi connectivity index (χ4n) is 4.30. The van der Waals surface area contributed by atoms with Crippen LogP contribution in [0.15, 0.2) is 24.3 Å². The summed E-state index contributed by atoms with van der Waals surface area (Å²) in [5, 5.41) is 0. The largest absolute Gasteiger partial charge is 0.485 e. The molecule has 3 aliphatic heterocycles. The molecule has 1 aromatic carbocycles. The first-order chi connectivity index (χ1) is 14.0. The summed E-state index contributed by atoms with van der Waals surface area (Å²) < 4.78 is 11.7. The molecule has 1 aromatic rings. The van der Waals surface area contributed by atoms with Crippen molar-refractivity contribution in [3.05, 3.63) is 35.4 Å². The Morgan fingerprint density at radius 1 is 1.34 bits per heavy atom. The van der Waals surface area contributed by atoms with E-state index in [0.29, 0.717) is 24.3 Å². The Morgan fingerprint density at radius 3 is 3.03 bits per heavy atom. The minimum Gasteiger partial charge on any atom is -0.485 e. The van der Waals surface area contributed by atoms with E-state index >= 15 is 0 Å². The van der Waals surface area contributed by atoms with Gasteiger partial charge in [-0.15, -0.1) is 0 Å². The van der Waals surface area contributed by atoms with Gasteiger partial charge in [0.1, 0.15) is 11.4 Å². The highest BCUT2D eigenvalue weighted by Gasteiger charge is 2.42. The lowest BCUT2D eigenvalue weighted by molar-refractivity contribution is -0.198. The van der Waals surface area contributed by atoms with Gasteiger partial charge in [0.15, 0.2) is 12.1 Å². The summed E-state index contributed by atoms with van der Waals surface area (Å²) in [5.41, 5.74) is 3.33. The van der Waals surface area contributed by atoms with Crippen molar-refractivity contribution in [1.29, 1.82) is 0 Å². The Balaban J connectivity index is 1.38. The summed E-state index contributed by atoms with van der Waals surface area (Å²) in [6, 6.07) is 5.46. The van der Waals surface area contributed by atoms with Gasteiger partial charge in [-0.05, 0) is 63.0 Å². The topological polar surface area (TPSA) is 77.1 Å². The summed E-state index contributed by atoms with van der Waals surface area (Å²) in [4.78, 5) is 32.3. The number of ketones is 1. The third-order valence-electron chi connectivity index (χ3n) is 5.70. The van der Waals surface area contributed by atoms with Gasteiger partial charge in [-0.25, -0.2) is 10.3 Å². The maximum Gasteiger partial charge on any atom is 0.267 e. The van der Waals surface area contributed by atoms with Crippen molar-refractivity contribution in [2.24, 2.45) is 0 Å². The first-order valence-electron chi connectivity index (χ1n) is 10.3. The zero-order valence-corrected chi connectivity index (χ0v) is 16.8. The molecule has 0 saturated carbocycles. The molecular weight excluding hydrogens is 372 g/mol. The monoisotopic (exact) mass is 400 g/mol. The van der Waals surface area contributed by atoms with Gasteiger partial charge in [-0.3, -0.25) is 9.59 Å². The number of benzene rings is 1. The van der Waals surface area contributed by atoms with Crippen molar-refractivity contribution >= 4 is 17.8 Å². The lowest BCUT2D eigenvalue weighted by atomic mass is 9.83. The molecule has 1 N–H and O–H groups in total. The number of piperidine rings is 1. The van der Waals surface area contributed by atoms with Crippen LogP contribution in [0.1, 0.15) is 54.4 Å². The van der Waals surface area contributed by atoms with Gasteiger partial charge in [-0.2, -0.15) is 0 Å². The van der Waals surface area contributed by atoms with Gasteiger partial charge < -0.3 is 14.4 Å². The number of Topliss-reactive ketones (excluding diaryl/α,β-unsaturated/α-hetero) is 1. The predicted octanol–water partition coefficient (Wildman–Crippen LogP) is 2.70. The molecule has 3 heterocycles. The first kappa shape index (κ1) is 20.1. The van der Waals surface area contributed by atoms with Crippen molar-refractivity contribution in [2.75, 3.05) is 26.7 Å². The SMILES string of the molecule is CN1CCCC2(CC(=O)c3cc(/C=C/C(=O)NOC4CCCCO4)ccc3O2)C1. The molecule has 2 saturated heterocycles. The van der Waals surface area contributed by atoms with E-state index in [4.69, 9.17) is 14.3 Å². The lowest BCUT2D eigenvalue weighted by Crippen LogP contribution is -2.53. The van der Waals surface area contributed by atoms with Crippen LogP contribution in [0, 0.1) is 0 Å². The number of likely N-dealkylation sites (N-methyl/N-ethyl adjacent to an activating group) is 1. The molecular formula is C22H28N2O5. The quantitative estimate of drug-likeness (QED) is 0.619. The van der Waals surface area contributed by atoms with Crippen molar-refractivity contribution in [2.45, 2.75) is 50.4 Å². The van der Waals surface area contributed by atoms with E-state index in [0.717, 1.165) is 50.8 Å². The molecule has 29 heavy (non-hydrogen) atoms. The molecule has 7 nitrogen and oxygen atoms in total. The molecule has 3 aliphatic rings. The predicted molar refractivity (Wildman–Crippen MR) is 107 cm³/mol. The number of ether oxygens (including phenoxy) is 2. The van der Waals surface area contributed by atoms with E-state index in [2.05, 4.69) is 17.4 Å². The van der Waals surface area contributed by atoms with Crippen molar-refractivity contribution in [3.63, 3.8) is 0 Å². The number of hydroxylamine groups is 1. The molecule has 2 fully saturated rings. The number of nitrogens with one attached hydrogen (secondary N) is 1. The lowest BCUT2D eigenvalue weighted by Gasteiger charge is -2.43. The summed E-state index contributed by atoms with van der Waals surface area (Å²) in [6.45, 7) is 2.46. The van der Waals surface area contributed by atoms with E-state index in [9.17, 15) is 9.59 Å².